The molecule has 1 amide bonds. The van der Waals surface area contributed by atoms with Crippen molar-refractivity contribution in [2.75, 3.05) is 11.4 Å². The molecule has 1 atom stereocenters. The molecule has 3 aromatic rings. The highest BCUT2D eigenvalue weighted by atomic mass is 35.5. The van der Waals surface area contributed by atoms with Gasteiger partial charge in [0.2, 0.25) is 5.91 Å². The van der Waals surface area contributed by atoms with Gasteiger partial charge in [-0.15, -0.1) is 0 Å². The molecule has 1 aromatic heterocycles. The fraction of sp³-hybridized carbons (Fsp3) is 0.318. The predicted octanol–water partition coefficient (Wildman–Crippen LogP) is 4.16. The lowest BCUT2D eigenvalue weighted by Gasteiger charge is -2.17. The van der Waals surface area contributed by atoms with Crippen molar-refractivity contribution in [2.24, 2.45) is 0 Å². The first-order chi connectivity index (χ1) is 13.9. The van der Waals surface area contributed by atoms with Gasteiger partial charge in [0.25, 0.3) is 0 Å². The summed E-state index contributed by atoms with van der Waals surface area (Å²) in [5.41, 5.74) is 2.43. The van der Waals surface area contributed by atoms with Crippen LogP contribution in [-0.2, 0) is 20.9 Å². The molecule has 2 aromatic carbocycles. The largest absolute Gasteiger partial charge is 0.462 e. The van der Waals surface area contributed by atoms with Crippen molar-refractivity contribution < 1.29 is 14.3 Å². The fourth-order valence-electron chi connectivity index (χ4n) is 3.78. The molecular weight excluding hydrogens is 390 g/mol. The van der Waals surface area contributed by atoms with Crippen LogP contribution in [0.1, 0.15) is 32.0 Å². The summed E-state index contributed by atoms with van der Waals surface area (Å²) in [7, 11) is 0. The van der Waals surface area contributed by atoms with E-state index in [1.54, 1.807) is 17.0 Å². The first-order valence-electron chi connectivity index (χ1n) is 9.63. The van der Waals surface area contributed by atoms with Crippen molar-refractivity contribution in [3.05, 3.63) is 59.4 Å². The summed E-state index contributed by atoms with van der Waals surface area (Å²) in [5.74, 6) is 0.298. The van der Waals surface area contributed by atoms with E-state index >= 15 is 0 Å². The van der Waals surface area contributed by atoms with E-state index in [-0.39, 0.29) is 30.4 Å². The summed E-state index contributed by atoms with van der Waals surface area (Å²) in [6.07, 6.45) is 0.141. The summed E-state index contributed by atoms with van der Waals surface area (Å²) < 4.78 is 7.21. The molecule has 7 heteroatoms. The lowest BCUT2D eigenvalue weighted by atomic mass is 10.1. The standard InChI is InChI=1S/C22H22ClN3O3/c1-14(2)29-21(28)13-26-19-9-4-3-8-18(19)24-22(26)15-10-20(27)25(12-15)17-7-5-6-16(23)11-17/h3-9,11,14-15H,10,12-13H2,1-2H3. The normalized spacial score (nSPS) is 16.8. The van der Waals surface area contributed by atoms with Gasteiger partial charge >= 0.3 is 5.97 Å². The maximum Gasteiger partial charge on any atom is 0.326 e. The van der Waals surface area contributed by atoms with Crippen molar-refractivity contribution in [1.29, 1.82) is 0 Å². The van der Waals surface area contributed by atoms with E-state index in [1.165, 1.54) is 0 Å². The number of esters is 1. The van der Waals surface area contributed by atoms with Crippen LogP contribution in [-0.4, -0.2) is 34.1 Å². The van der Waals surface area contributed by atoms with Crippen LogP contribution in [0.4, 0.5) is 5.69 Å². The molecule has 4 rings (SSSR count). The van der Waals surface area contributed by atoms with E-state index in [2.05, 4.69) is 0 Å². The average Bonchev–Trinajstić information content (AvgIpc) is 3.22. The van der Waals surface area contributed by atoms with Crippen LogP contribution in [0.25, 0.3) is 11.0 Å². The number of nitrogens with zero attached hydrogens (tertiary/aromatic N) is 3. The number of aromatic nitrogens is 2. The van der Waals surface area contributed by atoms with Crippen LogP contribution in [0.3, 0.4) is 0 Å². The predicted molar refractivity (Wildman–Crippen MR) is 112 cm³/mol. The summed E-state index contributed by atoms with van der Waals surface area (Å²) in [5, 5.41) is 0.586. The van der Waals surface area contributed by atoms with Crippen LogP contribution in [0.2, 0.25) is 5.02 Å². The summed E-state index contributed by atoms with van der Waals surface area (Å²) in [6.45, 7) is 4.20. The van der Waals surface area contributed by atoms with E-state index in [1.807, 2.05) is 54.8 Å². The number of hydrogen-bond donors (Lipinski definition) is 0. The van der Waals surface area contributed by atoms with Crippen molar-refractivity contribution in [2.45, 2.75) is 38.8 Å². The number of ether oxygens (including phenoxy) is 1. The number of rotatable bonds is 5. The zero-order valence-electron chi connectivity index (χ0n) is 16.3. The highest BCUT2D eigenvalue weighted by Crippen LogP contribution is 2.34. The minimum Gasteiger partial charge on any atom is -0.462 e. The molecule has 0 spiro atoms. The number of halogens is 1. The first-order valence-corrected chi connectivity index (χ1v) is 10.0. The molecular formula is C22H22ClN3O3. The number of para-hydroxylation sites is 2. The molecule has 1 saturated heterocycles. The molecule has 1 aliphatic rings. The van der Waals surface area contributed by atoms with Crippen LogP contribution in [0.15, 0.2) is 48.5 Å². The van der Waals surface area contributed by atoms with Gasteiger partial charge in [-0.25, -0.2) is 4.98 Å². The second-order valence-corrected chi connectivity index (χ2v) is 7.91. The lowest BCUT2D eigenvalue weighted by Crippen LogP contribution is -2.25. The van der Waals surface area contributed by atoms with Gasteiger partial charge < -0.3 is 14.2 Å². The molecule has 1 unspecified atom stereocenters. The highest BCUT2D eigenvalue weighted by molar-refractivity contribution is 6.30. The molecule has 0 N–H and O–H groups in total. The third kappa shape index (κ3) is 3.98. The quantitative estimate of drug-likeness (QED) is 0.591. The first kappa shape index (κ1) is 19.5. The van der Waals surface area contributed by atoms with Crippen molar-refractivity contribution in [3.63, 3.8) is 0 Å². The zero-order chi connectivity index (χ0) is 20.5. The third-order valence-electron chi connectivity index (χ3n) is 4.95. The van der Waals surface area contributed by atoms with E-state index in [9.17, 15) is 9.59 Å². The molecule has 0 aliphatic carbocycles. The van der Waals surface area contributed by atoms with Crippen LogP contribution in [0, 0.1) is 0 Å². The maximum atomic E-state index is 12.7. The molecule has 1 fully saturated rings. The van der Waals surface area contributed by atoms with E-state index in [0.717, 1.165) is 22.5 Å². The monoisotopic (exact) mass is 411 g/mol. The number of benzene rings is 2. The van der Waals surface area contributed by atoms with Gasteiger partial charge in [-0.05, 0) is 44.2 Å². The summed E-state index contributed by atoms with van der Waals surface area (Å²) in [4.78, 5) is 31.6. The Balaban J connectivity index is 1.67. The van der Waals surface area contributed by atoms with Crippen molar-refractivity contribution >= 4 is 40.2 Å². The average molecular weight is 412 g/mol. The minimum atomic E-state index is -0.319. The Kier molecular flexibility index (Phi) is 5.28. The van der Waals surface area contributed by atoms with Crippen LogP contribution in [0.5, 0.6) is 0 Å². The highest BCUT2D eigenvalue weighted by Gasteiger charge is 2.35. The Hall–Kier alpha value is -2.86. The number of anilines is 1. The van der Waals surface area contributed by atoms with Gasteiger partial charge in [-0.2, -0.15) is 0 Å². The van der Waals surface area contributed by atoms with Gasteiger partial charge in [0.1, 0.15) is 12.4 Å². The summed E-state index contributed by atoms with van der Waals surface area (Å²) >= 11 is 6.10. The topological polar surface area (TPSA) is 64.4 Å². The van der Waals surface area contributed by atoms with Crippen molar-refractivity contribution in [3.8, 4) is 0 Å². The Morgan fingerprint density at radius 3 is 2.79 bits per heavy atom. The number of imidazole rings is 1. The Morgan fingerprint density at radius 1 is 1.24 bits per heavy atom. The van der Waals surface area contributed by atoms with Gasteiger partial charge in [-0.1, -0.05) is 29.8 Å². The van der Waals surface area contributed by atoms with E-state index in [4.69, 9.17) is 21.3 Å². The molecule has 2 heterocycles. The lowest BCUT2D eigenvalue weighted by molar-refractivity contribution is -0.148. The third-order valence-corrected chi connectivity index (χ3v) is 5.18. The fourth-order valence-corrected chi connectivity index (χ4v) is 3.96. The zero-order valence-corrected chi connectivity index (χ0v) is 17.1. The number of carbonyl (C=O) groups excluding carboxylic acids is 2. The van der Waals surface area contributed by atoms with Crippen LogP contribution < -0.4 is 4.90 Å². The van der Waals surface area contributed by atoms with E-state index < -0.39 is 0 Å². The Bertz CT molecular complexity index is 1080. The molecule has 0 saturated carbocycles. The maximum absolute atomic E-state index is 12.7. The number of hydrogen-bond acceptors (Lipinski definition) is 4. The molecule has 6 nitrogen and oxygen atoms in total. The van der Waals surface area contributed by atoms with E-state index in [0.29, 0.717) is 18.0 Å². The number of amides is 1. The van der Waals surface area contributed by atoms with Crippen molar-refractivity contribution in [1.82, 2.24) is 9.55 Å². The molecule has 0 radical (unpaired) electrons. The van der Waals surface area contributed by atoms with Gasteiger partial charge in [-0.3, -0.25) is 9.59 Å². The molecule has 29 heavy (non-hydrogen) atoms. The van der Waals surface area contributed by atoms with Crippen LogP contribution >= 0.6 is 11.6 Å². The van der Waals surface area contributed by atoms with Gasteiger partial charge in [0, 0.05) is 29.6 Å². The second kappa shape index (κ2) is 7.87. The SMILES string of the molecule is CC(C)OC(=O)Cn1c(C2CC(=O)N(c3cccc(Cl)c3)C2)nc2ccccc21. The second-order valence-electron chi connectivity index (χ2n) is 7.47. The smallest absolute Gasteiger partial charge is 0.326 e. The summed E-state index contributed by atoms with van der Waals surface area (Å²) in [6, 6.07) is 14.9. The van der Waals surface area contributed by atoms with Gasteiger partial charge in [0.15, 0.2) is 0 Å². The number of fused-ring (bicyclic) bond motifs is 1. The molecule has 0 bridgehead atoms. The van der Waals surface area contributed by atoms with Gasteiger partial charge in [0.05, 0.1) is 17.1 Å². The molecule has 1 aliphatic heterocycles. The number of carbonyl (C=O) groups is 2. The minimum absolute atomic E-state index is 0.0145. The Morgan fingerprint density at radius 2 is 2.03 bits per heavy atom. The Labute approximate surface area is 174 Å². The molecule has 150 valence electrons.